The minimum Gasteiger partial charge on any atom is -0.210 e. The molecule has 1 aromatic carbocycles. The number of alkyl halides is 1. The van der Waals surface area contributed by atoms with E-state index in [2.05, 4.69) is 20.7 Å². The number of benzene rings is 1. The molecule has 1 rings (SSSR count). The molecule has 0 aliphatic rings. The van der Waals surface area contributed by atoms with E-state index in [1.54, 1.807) is 0 Å². The first kappa shape index (κ1) is 17.9. The van der Waals surface area contributed by atoms with Crippen LogP contribution in [-0.4, -0.2) is 20.8 Å². The third kappa shape index (κ3) is 4.16. The summed E-state index contributed by atoms with van der Waals surface area (Å²) in [6.07, 6.45) is 1.50. The van der Waals surface area contributed by atoms with Crippen LogP contribution in [0.15, 0.2) is 27.6 Å². The van der Waals surface area contributed by atoms with Gasteiger partial charge >= 0.3 is 0 Å². The molecule has 0 aromatic heterocycles. The Bertz CT molecular complexity index is 553. The zero-order valence-electron chi connectivity index (χ0n) is 11.4. The summed E-state index contributed by atoms with van der Waals surface area (Å²) in [6, 6.07) is 3.86. The quantitative estimate of drug-likeness (QED) is 0.722. The third-order valence-corrected chi connectivity index (χ3v) is 6.10. The van der Waals surface area contributed by atoms with Gasteiger partial charge in [-0.1, -0.05) is 29.8 Å². The topological polar surface area (TPSA) is 46.2 Å². The molecular formula is C13H18BrClFNO2S. The summed E-state index contributed by atoms with van der Waals surface area (Å²) in [5.41, 5.74) is -0.305. The van der Waals surface area contributed by atoms with Gasteiger partial charge < -0.3 is 0 Å². The third-order valence-electron chi connectivity index (χ3n) is 3.60. The summed E-state index contributed by atoms with van der Waals surface area (Å²) in [4.78, 5) is -0.351. The van der Waals surface area contributed by atoms with E-state index < -0.39 is 15.8 Å². The van der Waals surface area contributed by atoms with Crippen molar-refractivity contribution in [1.82, 2.24) is 4.72 Å². The van der Waals surface area contributed by atoms with Crippen molar-refractivity contribution >= 4 is 37.6 Å². The summed E-state index contributed by atoms with van der Waals surface area (Å²) < 4.78 is 41.0. The SMILES string of the molecule is CCC(CC)(CCl)CNS(=O)(=O)c1ccc(Br)cc1F. The van der Waals surface area contributed by atoms with Gasteiger partial charge in [0, 0.05) is 16.9 Å². The molecule has 20 heavy (non-hydrogen) atoms. The van der Waals surface area contributed by atoms with E-state index in [9.17, 15) is 12.8 Å². The Morgan fingerprint density at radius 2 is 1.95 bits per heavy atom. The van der Waals surface area contributed by atoms with Crippen molar-refractivity contribution in [3.8, 4) is 0 Å². The smallest absolute Gasteiger partial charge is 0.210 e. The van der Waals surface area contributed by atoms with Gasteiger partial charge in [-0.2, -0.15) is 0 Å². The van der Waals surface area contributed by atoms with Crippen molar-refractivity contribution in [2.45, 2.75) is 31.6 Å². The highest BCUT2D eigenvalue weighted by atomic mass is 79.9. The Labute approximate surface area is 133 Å². The molecule has 0 saturated heterocycles. The zero-order chi connectivity index (χ0) is 15.4. The van der Waals surface area contributed by atoms with Gasteiger partial charge in [0.15, 0.2) is 0 Å². The standard InChI is InChI=1S/C13H18BrClFNO2S/c1-3-13(4-2,8-15)9-17-20(18,19)12-6-5-10(14)7-11(12)16/h5-7,17H,3-4,8-9H2,1-2H3. The molecule has 0 radical (unpaired) electrons. The summed E-state index contributed by atoms with van der Waals surface area (Å²) >= 11 is 9.03. The van der Waals surface area contributed by atoms with E-state index in [-0.39, 0.29) is 16.9 Å². The van der Waals surface area contributed by atoms with Gasteiger partial charge in [-0.15, -0.1) is 11.6 Å². The predicted molar refractivity (Wildman–Crippen MR) is 83.0 cm³/mol. The molecule has 7 heteroatoms. The maximum absolute atomic E-state index is 13.7. The average Bonchev–Trinajstić information content (AvgIpc) is 2.40. The molecule has 0 bridgehead atoms. The molecule has 1 N–H and O–H groups in total. The van der Waals surface area contributed by atoms with Gasteiger partial charge in [0.1, 0.15) is 10.7 Å². The van der Waals surface area contributed by atoms with Crippen molar-refractivity contribution < 1.29 is 12.8 Å². The first-order valence-corrected chi connectivity index (χ1v) is 9.12. The lowest BCUT2D eigenvalue weighted by Crippen LogP contribution is -2.38. The molecule has 0 fully saturated rings. The number of hydrogen-bond donors (Lipinski definition) is 1. The van der Waals surface area contributed by atoms with Gasteiger partial charge in [0.25, 0.3) is 0 Å². The van der Waals surface area contributed by atoms with E-state index in [1.807, 2.05) is 13.8 Å². The molecule has 0 unspecified atom stereocenters. The van der Waals surface area contributed by atoms with E-state index in [1.165, 1.54) is 12.1 Å². The van der Waals surface area contributed by atoms with E-state index in [4.69, 9.17) is 11.6 Å². The molecule has 114 valence electrons. The maximum atomic E-state index is 13.7. The number of nitrogens with one attached hydrogen (secondary N) is 1. The van der Waals surface area contributed by atoms with Gasteiger partial charge in [0.2, 0.25) is 10.0 Å². The molecule has 0 spiro atoms. The van der Waals surface area contributed by atoms with Gasteiger partial charge in [-0.3, -0.25) is 0 Å². The Balaban J connectivity index is 2.96. The molecule has 0 aliphatic carbocycles. The lowest BCUT2D eigenvalue weighted by molar-refractivity contribution is 0.304. The van der Waals surface area contributed by atoms with Crippen molar-refractivity contribution in [3.63, 3.8) is 0 Å². The number of sulfonamides is 1. The highest BCUT2D eigenvalue weighted by molar-refractivity contribution is 9.10. The molecule has 0 aliphatic heterocycles. The van der Waals surface area contributed by atoms with E-state index in [0.29, 0.717) is 10.4 Å². The van der Waals surface area contributed by atoms with Crippen molar-refractivity contribution in [2.75, 3.05) is 12.4 Å². The van der Waals surface area contributed by atoms with Crippen LogP contribution in [0.2, 0.25) is 0 Å². The monoisotopic (exact) mass is 385 g/mol. The van der Waals surface area contributed by atoms with Gasteiger partial charge in [-0.25, -0.2) is 17.5 Å². The van der Waals surface area contributed by atoms with Crippen LogP contribution in [0.25, 0.3) is 0 Å². The second-order valence-corrected chi connectivity index (χ2v) is 7.66. The number of halogens is 3. The highest BCUT2D eigenvalue weighted by Gasteiger charge is 2.28. The predicted octanol–water partition coefficient (Wildman–Crippen LogP) is 3.91. The van der Waals surface area contributed by atoms with Crippen LogP contribution in [-0.2, 0) is 10.0 Å². The minimum absolute atomic E-state index is 0.196. The molecular weight excluding hydrogens is 369 g/mol. The second-order valence-electron chi connectivity index (χ2n) is 4.74. The zero-order valence-corrected chi connectivity index (χ0v) is 14.6. The maximum Gasteiger partial charge on any atom is 0.243 e. The van der Waals surface area contributed by atoms with E-state index in [0.717, 1.165) is 18.9 Å². The molecule has 1 aromatic rings. The summed E-state index contributed by atoms with van der Waals surface area (Å²) in [7, 11) is -3.88. The first-order chi connectivity index (χ1) is 9.30. The highest BCUT2D eigenvalue weighted by Crippen LogP contribution is 2.28. The van der Waals surface area contributed by atoms with Crippen LogP contribution < -0.4 is 4.72 Å². The Morgan fingerprint density at radius 1 is 1.35 bits per heavy atom. The Morgan fingerprint density at radius 3 is 2.40 bits per heavy atom. The van der Waals surface area contributed by atoms with Crippen LogP contribution in [0, 0.1) is 11.2 Å². The summed E-state index contributed by atoms with van der Waals surface area (Å²) in [6.45, 7) is 4.11. The van der Waals surface area contributed by atoms with Crippen LogP contribution in [0.4, 0.5) is 4.39 Å². The van der Waals surface area contributed by atoms with E-state index >= 15 is 0 Å². The molecule has 0 saturated carbocycles. The molecule has 0 heterocycles. The minimum atomic E-state index is -3.88. The van der Waals surface area contributed by atoms with Crippen LogP contribution in [0.5, 0.6) is 0 Å². The summed E-state index contributed by atoms with van der Waals surface area (Å²) in [5, 5.41) is 0. The summed E-state index contributed by atoms with van der Waals surface area (Å²) in [5.74, 6) is -0.429. The largest absolute Gasteiger partial charge is 0.243 e. The lowest BCUT2D eigenvalue weighted by Gasteiger charge is -2.29. The fourth-order valence-corrected chi connectivity index (χ4v) is 3.78. The first-order valence-electron chi connectivity index (χ1n) is 6.31. The van der Waals surface area contributed by atoms with Crippen molar-refractivity contribution in [2.24, 2.45) is 5.41 Å². The number of hydrogen-bond acceptors (Lipinski definition) is 2. The Hall–Kier alpha value is -0.170. The number of rotatable bonds is 7. The molecule has 0 amide bonds. The van der Waals surface area contributed by atoms with Crippen LogP contribution in [0.3, 0.4) is 0 Å². The van der Waals surface area contributed by atoms with Crippen LogP contribution >= 0.6 is 27.5 Å². The Kier molecular flexibility index (Phi) is 6.44. The molecule has 3 nitrogen and oxygen atoms in total. The van der Waals surface area contributed by atoms with Gasteiger partial charge in [-0.05, 0) is 36.5 Å². The fourth-order valence-electron chi connectivity index (χ4n) is 1.76. The normalized spacial score (nSPS) is 12.7. The van der Waals surface area contributed by atoms with Gasteiger partial charge in [0.05, 0.1) is 0 Å². The average molecular weight is 387 g/mol. The second kappa shape index (κ2) is 7.20. The van der Waals surface area contributed by atoms with Crippen molar-refractivity contribution in [1.29, 1.82) is 0 Å². The molecule has 0 atom stereocenters. The fraction of sp³-hybridized carbons (Fsp3) is 0.538. The van der Waals surface area contributed by atoms with Crippen LogP contribution in [0.1, 0.15) is 26.7 Å². The van der Waals surface area contributed by atoms with Crippen molar-refractivity contribution in [3.05, 3.63) is 28.5 Å². The lowest BCUT2D eigenvalue weighted by atomic mass is 9.85.